The molecule has 0 bridgehead atoms. The molecule has 16 heavy (non-hydrogen) atoms. The third-order valence-electron chi connectivity index (χ3n) is 3.06. The fraction of sp³-hybridized carbons (Fsp3) is 0.917. The molecule has 0 radical (unpaired) electrons. The second-order valence-electron chi connectivity index (χ2n) is 4.85. The average Bonchev–Trinajstić information content (AvgIpc) is 2.24. The molecule has 1 rings (SSSR count). The van der Waals surface area contributed by atoms with Crippen LogP contribution in [0.1, 0.15) is 45.4 Å². The first kappa shape index (κ1) is 13.5. The van der Waals surface area contributed by atoms with Gasteiger partial charge in [0, 0.05) is 18.6 Å². The van der Waals surface area contributed by atoms with Crippen LogP contribution in [0.3, 0.4) is 0 Å². The molecule has 0 saturated carbocycles. The van der Waals surface area contributed by atoms with E-state index in [1.807, 2.05) is 0 Å². The van der Waals surface area contributed by atoms with Crippen LogP contribution in [0.5, 0.6) is 0 Å². The maximum absolute atomic E-state index is 10.3. The van der Waals surface area contributed by atoms with Gasteiger partial charge in [0.25, 0.3) is 0 Å². The van der Waals surface area contributed by atoms with E-state index in [0.717, 1.165) is 45.4 Å². The first-order valence-corrected chi connectivity index (χ1v) is 6.17. The molecule has 0 amide bonds. The van der Waals surface area contributed by atoms with Crippen molar-refractivity contribution in [3.8, 4) is 0 Å². The Bertz CT molecular complexity index is 212. The first-order valence-electron chi connectivity index (χ1n) is 6.17. The zero-order chi connectivity index (χ0) is 11.9. The summed E-state index contributed by atoms with van der Waals surface area (Å²) in [5.41, 5.74) is 0.130. The van der Waals surface area contributed by atoms with Crippen molar-refractivity contribution in [2.24, 2.45) is 0 Å². The van der Waals surface area contributed by atoms with Gasteiger partial charge in [0.15, 0.2) is 0 Å². The standard InChI is InChI=1S/C12H23NO3/c1-12(7-5-9-16-10-12)13-8-4-2-3-6-11(14)15/h13H,2-10H2,1H3,(H,14,15). The van der Waals surface area contributed by atoms with Crippen molar-refractivity contribution >= 4 is 5.97 Å². The van der Waals surface area contributed by atoms with E-state index < -0.39 is 5.97 Å². The van der Waals surface area contributed by atoms with Gasteiger partial charge < -0.3 is 15.2 Å². The van der Waals surface area contributed by atoms with E-state index >= 15 is 0 Å². The summed E-state index contributed by atoms with van der Waals surface area (Å²) >= 11 is 0. The third kappa shape index (κ3) is 5.47. The van der Waals surface area contributed by atoms with Crippen LogP contribution in [0.25, 0.3) is 0 Å². The molecule has 0 aromatic rings. The average molecular weight is 229 g/mol. The minimum Gasteiger partial charge on any atom is -0.481 e. The summed E-state index contributed by atoms with van der Waals surface area (Å²) in [5, 5.41) is 12.0. The number of carboxylic acids is 1. The number of rotatable bonds is 7. The summed E-state index contributed by atoms with van der Waals surface area (Å²) in [6.07, 6.45) is 5.40. The lowest BCUT2D eigenvalue weighted by Crippen LogP contribution is -2.49. The lowest BCUT2D eigenvalue weighted by molar-refractivity contribution is -0.137. The minimum atomic E-state index is -0.694. The highest BCUT2D eigenvalue weighted by molar-refractivity contribution is 5.66. The van der Waals surface area contributed by atoms with Gasteiger partial charge in [-0.2, -0.15) is 0 Å². The number of aliphatic carboxylic acids is 1. The molecule has 1 fully saturated rings. The Hall–Kier alpha value is -0.610. The predicted octanol–water partition coefficient (Wildman–Crippen LogP) is 1.79. The molecule has 1 heterocycles. The smallest absolute Gasteiger partial charge is 0.303 e. The number of nitrogens with one attached hydrogen (secondary N) is 1. The number of hydrogen-bond donors (Lipinski definition) is 2. The van der Waals surface area contributed by atoms with E-state index in [9.17, 15) is 4.79 Å². The van der Waals surface area contributed by atoms with Gasteiger partial charge in [-0.15, -0.1) is 0 Å². The van der Waals surface area contributed by atoms with Crippen molar-refractivity contribution in [3.63, 3.8) is 0 Å². The highest BCUT2D eigenvalue weighted by Gasteiger charge is 2.26. The lowest BCUT2D eigenvalue weighted by Gasteiger charge is -2.34. The molecule has 94 valence electrons. The fourth-order valence-electron chi connectivity index (χ4n) is 2.04. The van der Waals surface area contributed by atoms with E-state index in [1.165, 1.54) is 6.42 Å². The van der Waals surface area contributed by atoms with Crippen molar-refractivity contribution in [2.75, 3.05) is 19.8 Å². The van der Waals surface area contributed by atoms with Gasteiger partial charge in [-0.25, -0.2) is 0 Å². The monoisotopic (exact) mass is 229 g/mol. The third-order valence-corrected chi connectivity index (χ3v) is 3.06. The molecule has 4 heteroatoms. The number of unbranched alkanes of at least 4 members (excludes halogenated alkanes) is 2. The highest BCUT2D eigenvalue weighted by Crippen LogP contribution is 2.18. The largest absolute Gasteiger partial charge is 0.481 e. The molecular formula is C12H23NO3. The minimum absolute atomic E-state index is 0.130. The summed E-state index contributed by atoms with van der Waals surface area (Å²) in [7, 11) is 0. The molecule has 0 aromatic heterocycles. The van der Waals surface area contributed by atoms with E-state index in [4.69, 9.17) is 9.84 Å². The quantitative estimate of drug-likeness (QED) is 0.653. The Morgan fingerprint density at radius 3 is 2.88 bits per heavy atom. The zero-order valence-electron chi connectivity index (χ0n) is 10.1. The number of ether oxygens (including phenoxy) is 1. The second-order valence-corrected chi connectivity index (χ2v) is 4.85. The molecule has 4 nitrogen and oxygen atoms in total. The fourth-order valence-corrected chi connectivity index (χ4v) is 2.04. The summed E-state index contributed by atoms with van der Waals surface area (Å²) in [4.78, 5) is 10.3. The van der Waals surface area contributed by atoms with Crippen LogP contribution in [0.2, 0.25) is 0 Å². The normalized spacial score (nSPS) is 25.6. The Labute approximate surface area is 97.4 Å². The number of carbonyl (C=O) groups is 1. The van der Waals surface area contributed by atoms with Gasteiger partial charge in [-0.05, 0) is 39.2 Å². The van der Waals surface area contributed by atoms with Crippen molar-refractivity contribution < 1.29 is 14.6 Å². The second kappa shape index (κ2) is 6.86. The van der Waals surface area contributed by atoms with Crippen molar-refractivity contribution in [3.05, 3.63) is 0 Å². The summed E-state index contributed by atoms with van der Waals surface area (Å²) in [5.74, 6) is -0.694. The van der Waals surface area contributed by atoms with Crippen LogP contribution in [0.15, 0.2) is 0 Å². The van der Waals surface area contributed by atoms with Gasteiger partial charge in [-0.3, -0.25) is 4.79 Å². The Balaban J connectivity index is 1.99. The van der Waals surface area contributed by atoms with Gasteiger partial charge in [-0.1, -0.05) is 6.42 Å². The Kier molecular flexibility index (Phi) is 5.77. The molecule has 1 aliphatic rings. The van der Waals surface area contributed by atoms with Gasteiger partial charge in [0.2, 0.25) is 0 Å². The maximum atomic E-state index is 10.3. The molecular weight excluding hydrogens is 206 g/mol. The highest BCUT2D eigenvalue weighted by atomic mass is 16.5. The molecule has 0 aliphatic carbocycles. The summed E-state index contributed by atoms with van der Waals surface area (Å²) < 4.78 is 5.45. The molecule has 1 saturated heterocycles. The van der Waals surface area contributed by atoms with Gasteiger partial charge >= 0.3 is 5.97 Å². The van der Waals surface area contributed by atoms with Crippen LogP contribution in [0, 0.1) is 0 Å². The van der Waals surface area contributed by atoms with E-state index in [2.05, 4.69) is 12.2 Å². The van der Waals surface area contributed by atoms with E-state index in [0.29, 0.717) is 6.42 Å². The van der Waals surface area contributed by atoms with Crippen LogP contribution in [-0.2, 0) is 9.53 Å². The molecule has 1 atom stereocenters. The summed E-state index contributed by atoms with van der Waals surface area (Å²) in [6, 6.07) is 0. The zero-order valence-corrected chi connectivity index (χ0v) is 10.1. The maximum Gasteiger partial charge on any atom is 0.303 e. The number of carboxylic acid groups (broad SMARTS) is 1. The van der Waals surface area contributed by atoms with Crippen LogP contribution < -0.4 is 5.32 Å². The lowest BCUT2D eigenvalue weighted by atomic mass is 9.95. The van der Waals surface area contributed by atoms with Crippen molar-refractivity contribution in [2.45, 2.75) is 51.0 Å². The molecule has 1 unspecified atom stereocenters. The van der Waals surface area contributed by atoms with Crippen LogP contribution in [0.4, 0.5) is 0 Å². The molecule has 2 N–H and O–H groups in total. The van der Waals surface area contributed by atoms with Gasteiger partial charge in [0.05, 0.1) is 6.61 Å². The Morgan fingerprint density at radius 1 is 1.44 bits per heavy atom. The molecule has 0 aromatic carbocycles. The Morgan fingerprint density at radius 2 is 2.25 bits per heavy atom. The van der Waals surface area contributed by atoms with Crippen molar-refractivity contribution in [1.82, 2.24) is 5.32 Å². The summed E-state index contributed by atoms with van der Waals surface area (Å²) in [6.45, 7) is 4.83. The number of hydrogen-bond acceptors (Lipinski definition) is 3. The van der Waals surface area contributed by atoms with Crippen LogP contribution in [-0.4, -0.2) is 36.4 Å². The SMILES string of the molecule is CC1(NCCCCCC(=O)O)CCCOC1. The molecule has 0 spiro atoms. The van der Waals surface area contributed by atoms with E-state index in [1.54, 1.807) is 0 Å². The van der Waals surface area contributed by atoms with Crippen molar-refractivity contribution in [1.29, 1.82) is 0 Å². The van der Waals surface area contributed by atoms with Gasteiger partial charge in [0.1, 0.15) is 0 Å². The van der Waals surface area contributed by atoms with E-state index in [-0.39, 0.29) is 5.54 Å². The first-order chi connectivity index (χ1) is 7.62. The van der Waals surface area contributed by atoms with Crippen LogP contribution >= 0.6 is 0 Å². The predicted molar refractivity (Wildman–Crippen MR) is 62.6 cm³/mol. The topological polar surface area (TPSA) is 58.6 Å². The molecule has 1 aliphatic heterocycles.